The minimum Gasteiger partial charge on any atom is -0.465 e. The number of fused-ring (bicyclic) bond motifs is 4. The molecule has 1 fully saturated rings. The van der Waals surface area contributed by atoms with Crippen molar-refractivity contribution in [1.82, 2.24) is 9.88 Å². The number of aromatic amines is 1. The van der Waals surface area contributed by atoms with E-state index >= 15 is 0 Å². The van der Waals surface area contributed by atoms with Crippen LogP contribution >= 0.6 is 0 Å². The number of nitrogens with one attached hydrogen (secondary N) is 1. The lowest BCUT2D eigenvalue weighted by Gasteiger charge is -2.50. The van der Waals surface area contributed by atoms with Gasteiger partial charge in [0, 0.05) is 16.4 Å². The lowest BCUT2D eigenvalue weighted by molar-refractivity contribution is -0.113. The summed E-state index contributed by atoms with van der Waals surface area (Å²) in [6.45, 7) is 0.711. The highest BCUT2D eigenvalue weighted by molar-refractivity contribution is 5.96. The summed E-state index contributed by atoms with van der Waals surface area (Å²) in [6.07, 6.45) is 4.85. The van der Waals surface area contributed by atoms with Gasteiger partial charge in [-0.3, -0.25) is 4.90 Å². The quantitative estimate of drug-likeness (QED) is 0.624. The molecule has 5 nitrogen and oxygen atoms in total. The molecule has 0 amide bonds. The van der Waals surface area contributed by atoms with Crippen molar-refractivity contribution in [1.29, 1.82) is 0 Å². The molecule has 0 unspecified atom stereocenters. The molecule has 1 N–H and O–H groups in total. The fourth-order valence-corrected chi connectivity index (χ4v) is 5.77. The number of carbonyl (C=O) groups excluding carboxylic acids is 1. The largest absolute Gasteiger partial charge is 0.465 e. The molecule has 1 aliphatic carbocycles. The summed E-state index contributed by atoms with van der Waals surface area (Å²) in [7, 11) is 5.80. The van der Waals surface area contributed by atoms with Gasteiger partial charge in [0.1, 0.15) is 5.60 Å². The molecule has 2 aliphatic rings. The van der Waals surface area contributed by atoms with Gasteiger partial charge in [-0.15, -0.1) is 0 Å². The van der Waals surface area contributed by atoms with Crippen LogP contribution in [0, 0.1) is 0 Å². The number of carbonyl (C=O) groups is 1. The van der Waals surface area contributed by atoms with Crippen molar-refractivity contribution in [2.75, 3.05) is 27.8 Å². The van der Waals surface area contributed by atoms with Gasteiger partial charge in [0.15, 0.2) is 0 Å². The molecule has 1 aliphatic heterocycles. The van der Waals surface area contributed by atoms with Crippen LogP contribution in [-0.2, 0) is 27.0 Å². The van der Waals surface area contributed by atoms with Crippen LogP contribution in [0.3, 0.4) is 0 Å². The molecule has 5 heteroatoms. The zero-order valence-electron chi connectivity index (χ0n) is 18.5. The second kappa shape index (κ2) is 7.50. The standard InChI is InChI=1S/C26H30N2O3/c1-28(2)25(19-7-5-4-6-8-19)12-14-26(15-13-25)23-20(11-16-31-26)21-17-18(24(29)30-3)9-10-22(21)27-23/h4-10,17,27H,11-16H2,1-3H3. The fourth-order valence-electron chi connectivity index (χ4n) is 5.77. The van der Waals surface area contributed by atoms with Crippen LogP contribution < -0.4 is 0 Å². The Morgan fingerprint density at radius 3 is 2.48 bits per heavy atom. The van der Waals surface area contributed by atoms with Gasteiger partial charge in [0.05, 0.1) is 25.0 Å². The van der Waals surface area contributed by atoms with E-state index in [0.717, 1.165) is 43.0 Å². The third kappa shape index (κ3) is 3.10. The van der Waals surface area contributed by atoms with Gasteiger partial charge in [0.2, 0.25) is 0 Å². The number of H-pyrrole nitrogens is 1. The Kier molecular flexibility index (Phi) is 4.91. The van der Waals surface area contributed by atoms with E-state index in [-0.39, 0.29) is 17.1 Å². The Bertz CT molecular complexity index is 1110. The maximum Gasteiger partial charge on any atom is 0.337 e. The lowest BCUT2D eigenvalue weighted by Crippen LogP contribution is -2.50. The van der Waals surface area contributed by atoms with E-state index in [2.05, 4.69) is 54.3 Å². The summed E-state index contributed by atoms with van der Waals surface area (Å²) < 4.78 is 11.5. The average Bonchev–Trinajstić information content (AvgIpc) is 3.19. The molecule has 0 bridgehead atoms. The van der Waals surface area contributed by atoms with Gasteiger partial charge in [-0.2, -0.15) is 0 Å². The second-order valence-electron chi connectivity index (χ2n) is 9.12. The third-order valence-electron chi connectivity index (χ3n) is 7.57. The van der Waals surface area contributed by atoms with E-state index in [4.69, 9.17) is 9.47 Å². The van der Waals surface area contributed by atoms with E-state index in [0.29, 0.717) is 12.2 Å². The molecule has 5 rings (SSSR count). The molecule has 1 aromatic heterocycles. The van der Waals surface area contributed by atoms with Crippen LogP contribution in [0.2, 0.25) is 0 Å². The molecular weight excluding hydrogens is 388 g/mol. The van der Waals surface area contributed by atoms with Gasteiger partial charge in [-0.25, -0.2) is 4.79 Å². The number of rotatable bonds is 3. The monoisotopic (exact) mass is 418 g/mol. The maximum atomic E-state index is 12.1. The molecule has 1 spiro atoms. The Morgan fingerprint density at radius 1 is 1.06 bits per heavy atom. The minimum absolute atomic E-state index is 0.0253. The molecular formula is C26H30N2O3. The molecule has 0 radical (unpaired) electrons. The predicted octanol–water partition coefficient (Wildman–Crippen LogP) is 4.75. The minimum atomic E-state index is -0.296. The first-order valence-corrected chi connectivity index (χ1v) is 11.1. The molecule has 0 atom stereocenters. The Morgan fingerprint density at radius 2 is 1.81 bits per heavy atom. The van der Waals surface area contributed by atoms with Crippen molar-refractivity contribution in [3.05, 3.63) is 70.9 Å². The van der Waals surface area contributed by atoms with E-state index in [1.807, 2.05) is 18.2 Å². The summed E-state index contributed by atoms with van der Waals surface area (Å²) in [5.41, 5.74) is 5.28. The van der Waals surface area contributed by atoms with Gasteiger partial charge in [0.25, 0.3) is 0 Å². The smallest absolute Gasteiger partial charge is 0.337 e. The Balaban J connectivity index is 1.53. The van der Waals surface area contributed by atoms with Crippen molar-refractivity contribution in [2.45, 2.75) is 43.2 Å². The molecule has 3 aromatic rings. The van der Waals surface area contributed by atoms with E-state index < -0.39 is 0 Å². The maximum absolute atomic E-state index is 12.1. The van der Waals surface area contributed by atoms with Crippen molar-refractivity contribution in [3.8, 4) is 0 Å². The summed E-state index contributed by atoms with van der Waals surface area (Å²) in [6, 6.07) is 16.6. The van der Waals surface area contributed by atoms with Crippen LogP contribution in [0.4, 0.5) is 0 Å². The Hall–Kier alpha value is -2.63. The number of aromatic nitrogens is 1. The number of benzene rings is 2. The number of methoxy groups -OCH3 is 1. The van der Waals surface area contributed by atoms with Gasteiger partial charge < -0.3 is 14.5 Å². The topological polar surface area (TPSA) is 54.6 Å². The van der Waals surface area contributed by atoms with Crippen LogP contribution in [0.25, 0.3) is 10.9 Å². The van der Waals surface area contributed by atoms with Crippen LogP contribution in [0.15, 0.2) is 48.5 Å². The summed E-state index contributed by atoms with van der Waals surface area (Å²) in [4.78, 5) is 18.1. The molecule has 162 valence electrons. The average molecular weight is 419 g/mol. The zero-order valence-corrected chi connectivity index (χ0v) is 18.5. The highest BCUT2D eigenvalue weighted by atomic mass is 16.5. The summed E-state index contributed by atoms with van der Waals surface area (Å²) in [5, 5.41) is 1.12. The molecule has 2 heterocycles. The molecule has 2 aromatic carbocycles. The molecule has 31 heavy (non-hydrogen) atoms. The lowest BCUT2D eigenvalue weighted by atomic mass is 9.68. The SMILES string of the molecule is COC(=O)c1ccc2[nH]c3c(c2c1)CCOC31CCC(c2ccccc2)(N(C)C)CC1. The van der Waals surface area contributed by atoms with Crippen LogP contribution in [0.5, 0.6) is 0 Å². The van der Waals surface area contributed by atoms with Gasteiger partial charge in [-0.05, 0) is 75.5 Å². The van der Waals surface area contributed by atoms with Crippen molar-refractivity contribution >= 4 is 16.9 Å². The number of esters is 1. The highest BCUT2D eigenvalue weighted by Gasteiger charge is 2.49. The van der Waals surface area contributed by atoms with Gasteiger partial charge in [-0.1, -0.05) is 30.3 Å². The van der Waals surface area contributed by atoms with Crippen molar-refractivity contribution < 1.29 is 14.3 Å². The number of hydrogen-bond acceptors (Lipinski definition) is 4. The second-order valence-corrected chi connectivity index (χ2v) is 9.12. The first-order valence-electron chi connectivity index (χ1n) is 11.1. The Labute approximate surface area is 183 Å². The first kappa shape index (κ1) is 20.3. The number of nitrogens with zero attached hydrogens (tertiary/aromatic N) is 1. The predicted molar refractivity (Wildman–Crippen MR) is 121 cm³/mol. The zero-order chi connectivity index (χ0) is 21.6. The van der Waals surface area contributed by atoms with Gasteiger partial charge >= 0.3 is 5.97 Å². The summed E-state index contributed by atoms with van der Waals surface area (Å²) >= 11 is 0. The van der Waals surface area contributed by atoms with E-state index in [1.54, 1.807) is 0 Å². The van der Waals surface area contributed by atoms with Crippen LogP contribution in [-0.4, -0.2) is 43.7 Å². The third-order valence-corrected chi connectivity index (χ3v) is 7.57. The molecule has 0 saturated heterocycles. The van der Waals surface area contributed by atoms with Crippen molar-refractivity contribution in [3.63, 3.8) is 0 Å². The molecule has 1 saturated carbocycles. The van der Waals surface area contributed by atoms with Crippen molar-refractivity contribution in [2.24, 2.45) is 0 Å². The highest BCUT2D eigenvalue weighted by Crippen LogP contribution is 2.52. The summed E-state index contributed by atoms with van der Waals surface area (Å²) in [5.74, 6) is -0.296. The number of hydrogen-bond donors (Lipinski definition) is 1. The van der Waals surface area contributed by atoms with E-state index in [9.17, 15) is 4.79 Å². The fraction of sp³-hybridized carbons (Fsp3) is 0.423. The van der Waals surface area contributed by atoms with Crippen LogP contribution in [0.1, 0.15) is 52.9 Å². The van der Waals surface area contributed by atoms with E-state index in [1.165, 1.54) is 23.9 Å². The first-order chi connectivity index (χ1) is 15.0. The number of ether oxygens (including phenoxy) is 2. The normalized spacial score (nSPS) is 25.7.